The average Bonchev–Trinajstić information content (AvgIpc) is 3.11. The number of rotatable bonds is 6. The molecule has 148 valence electrons. The number of nitrogens with zero attached hydrogens (tertiary/aromatic N) is 3. The van der Waals surface area contributed by atoms with Gasteiger partial charge in [0.25, 0.3) is 0 Å². The van der Waals surface area contributed by atoms with E-state index in [9.17, 15) is 0 Å². The van der Waals surface area contributed by atoms with Crippen molar-refractivity contribution in [3.8, 4) is 17.2 Å². The first kappa shape index (κ1) is 18.5. The molecule has 0 atom stereocenters. The van der Waals surface area contributed by atoms with Crippen LogP contribution in [0.5, 0.6) is 17.2 Å². The minimum atomic E-state index is 0.509. The zero-order valence-corrected chi connectivity index (χ0v) is 16.6. The highest BCUT2D eigenvalue weighted by Gasteiger charge is 2.15. The van der Waals surface area contributed by atoms with Gasteiger partial charge in [-0.3, -0.25) is 5.43 Å². The summed E-state index contributed by atoms with van der Waals surface area (Å²) in [5.74, 6) is 2.21. The van der Waals surface area contributed by atoms with Gasteiger partial charge in [-0.05, 0) is 30.7 Å². The molecule has 2 aromatic carbocycles. The fraction of sp³-hybridized carbons (Fsp3) is 0.190. The van der Waals surface area contributed by atoms with Crippen LogP contribution in [-0.2, 0) is 0 Å². The number of anilines is 1. The van der Waals surface area contributed by atoms with Gasteiger partial charge in [-0.2, -0.15) is 5.10 Å². The predicted octanol–water partition coefficient (Wildman–Crippen LogP) is 3.89. The number of H-pyrrole nitrogens is 1. The molecule has 8 heteroatoms. The lowest BCUT2D eigenvalue weighted by Crippen LogP contribution is -2.00. The third-order valence-electron chi connectivity index (χ3n) is 4.65. The number of nitrogens with one attached hydrogen (secondary N) is 2. The van der Waals surface area contributed by atoms with Crippen molar-refractivity contribution < 1.29 is 14.2 Å². The first-order valence-electron chi connectivity index (χ1n) is 8.97. The Labute approximate surface area is 167 Å². The highest BCUT2D eigenvalue weighted by atomic mass is 16.5. The van der Waals surface area contributed by atoms with Crippen LogP contribution in [0.1, 0.15) is 11.1 Å². The molecule has 0 fully saturated rings. The molecule has 0 amide bonds. The molecule has 0 radical (unpaired) electrons. The van der Waals surface area contributed by atoms with Crippen molar-refractivity contribution in [3.63, 3.8) is 0 Å². The van der Waals surface area contributed by atoms with E-state index in [4.69, 9.17) is 14.2 Å². The Hall–Kier alpha value is -3.81. The van der Waals surface area contributed by atoms with Crippen molar-refractivity contribution in [3.05, 3.63) is 47.8 Å². The number of hydrogen-bond donors (Lipinski definition) is 2. The van der Waals surface area contributed by atoms with Gasteiger partial charge in [0.15, 0.2) is 17.3 Å². The topological polar surface area (TPSA) is 93.7 Å². The predicted molar refractivity (Wildman–Crippen MR) is 113 cm³/mol. The zero-order valence-electron chi connectivity index (χ0n) is 16.6. The molecule has 0 aliphatic heterocycles. The van der Waals surface area contributed by atoms with E-state index in [1.807, 2.05) is 6.07 Å². The third-order valence-corrected chi connectivity index (χ3v) is 4.65. The summed E-state index contributed by atoms with van der Waals surface area (Å²) in [5.41, 5.74) is 7.54. The highest BCUT2D eigenvalue weighted by molar-refractivity contribution is 6.08. The monoisotopic (exact) mass is 391 g/mol. The van der Waals surface area contributed by atoms with Gasteiger partial charge >= 0.3 is 0 Å². The highest BCUT2D eigenvalue weighted by Crippen LogP contribution is 2.39. The van der Waals surface area contributed by atoms with Crippen LogP contribution >= 0.6 is 0 Å². The second-order valence-corrected chi connectivity index (χ2v) is 6.41. The van der Waals surface area contributed by atoms with Gasteiger partial charge < -0.3 is 19.2 Å². The number of aromatic nitrogens is 3. The van der Waals surface area contributed by atoms with E-state index in [0.717, 1.165) is 27.5 Å². The van der Waals surface area contributed by atoms with E-state index in [2.05, 4.69) is 50.6 Å². The summed E-state index contributed by atoms with van der Waals surface area (Å²) in [7, 11) is 4.71. The van der Waals surface area contributed by atoms with Gasteiger partial charge in [0.1, 0.15) is 17.4 Å². The number of aromatic amines is 1. The Kier molecular flexibility index (Phi) is 4.90. The number of fused-ring (bicyclic) bond motifs is 3. The molecule has 0 unspecified atom stereocenters. The van der Waals surface area contributed by atoms with Crippen LogP contribution in [0.15, 0.2) is 41.8 Å². The van der Waals surface area contributed by atoms with Gasteiger partial charge in [-0.15, -0.1) is 0 Å². The number of hydrogen-bond acceptors (Lipinski definition) is 7. The lowest BCUT2D eigenvalue weighted by atomic mass is 10.2. The molecule has 8 nitrogen and oxygen atoms in total. The van der Waals surface area contributed by atoms with Gasteiger partial charge in [0, 0.05) is 16.5 Å². The molecule has 4 aromatic rings. The maximum Gasteiger partial charge on any atom is 0.203 e. The van der Waals surface area contributed by atoms with Crippen molar-refractivity contribution in [2.75, 3.05) is 26.8 Å². The minimum absolute atomic E-state index is 0.509. The number of methoxy groups -OCH3 is 3. The zero-order chi connectivity index (χ0) is 20.4. The summed E-state index contributed by atoms with van der Waals surface area (Å²) < 4.78 is 16.2. The first-order valence-corrected chi connectivity index (χ1v) is 8.97. The average molecular weight is 391 g/mol. The summed E-state index contributed by atoms with van der Waals surface area (Å²) in [6, 6.07) is 9.83. The van der Waals surface area contributed by atoms with Crippen molar-refractivity contribution in [1.82, 2.24) is 15.0 Å². The molecular weight excluding hydrogens is 370 g/mol. The third kappa shape index (κ3) is 3.29. The van der Waals surface area contributed by atoms with Gasteiger partial charge in [0.2, 0.25) is 5.75 Å². The molecular formula is C21H21N5O3. The van der Waals surface area contributed by atoms with E-state index >= 15 is 0 Å². The SMILES string of the molecule is COc1ccc(C=NNc2ncnc3c2[nH]c2cc(C)ccc23)c(OC)c1OC. The Morgan fingerprint density at radius 1 is 1.00 bits per heavy atom. The van der Waals surface area contributed by atoms with Crippen molar-refractivity contribution in [1.29, 1.82) is 0 Å². The van der Waals surface area contributed by atoms with E-state index < -0.39 is 0 Å². The Morgan fingerprint density at radius 3 is 2.59 bits per heavy atom. The standard InChI is InChI=1S/C21H21N5O3/c1-12-5-7-14-15(9-12)25-18-17(14)22-11-23-21(18)26-24-10-13-6-8-16(27-2)20(29-4)19(13)28-3/h5-11,25H,1-4H3,(H,22,23,26). The van der Waals surface area contributed by atoms with Crippen molar-refractivity contribution in [2.24, 2.45) is 5.10 Å². The summed E-state index contributed by atoms with van der Waals surface area (Å²) >= 11 is 0. The number of benzene rings is 2. The summed E-state index contributed by atoms with van der Waals surface area (Å²) in [6.07, 6.45) is 3.16. The lowest BCUT2D eigenvalue weighted by molar-refractivity contribution is 0.324. The second-order valence-electron chi connectivity index (χ2n) is 6.41. The molecule has 0 aliphatic rings. The van der Waals surface area contributed by atoms with Crippen LogP contribution in [0, 0.1) is 6.92 Å². The molecule has 0 aliphatic carbocycles. The van der Waals surface area contributed by atoms with E-state index in [-0.39, 0.29) is 0 Å². The fourth-order valence-corrected chi connectivity index (χ4v) is 3.28. The maximum absolute atomic E-state index is 5.48. The van der Waals surface area contributed by atoms with Crippen LogP contribution < -0.4 is 19.6 Å². The molecule has 2 N–H and O–H groups in total. The van der Waals surface area contributed by atoms with Crippen LogP contribution in [0.2, 0.25) is 0 Å². The molecule has 29 heavy (non-hydrogen) atoms. The van der Waals surface area contributed by atoms with Crippen LogP contribution in [0.25, 0.3) is 21.9 Å². The summed E-state index contributed by atoms with van der Waals surface area (Å²) in [5, 5.41) is 5.37. The summed E-state index contributed by atoms with van der Waals surface area (Å²) in [6.45, 7) is 2.05. The molecule has 0 bridgehead atoms. The van der Waals surface area contributed by atoms with Gasteiger partial charge in [-0.25, -0.2) is 9.97 Å². The molecule has 2 heterocycles. The Balaban J connectivity index is 1.68. The number of hydrazone groups is 1. The number of aryl methyl sites for hydroxylation is 1. The summed E-state index contributed by atoms with van der Waals surface area (Å²) in [4.78, 5) is 12.1. The van der Waals surface area contributed by atoms with Crippen LogP contribution in [0.3, 0.4) is 0 Å². The Morgan fingerprint density at radius 2 is 1.83 bits per heavy atom. The normalized spacial score (nSPS) is 11.3. The van der Waals surface area contributed by atoms with Crippen LogP contribution in [-0.4, -0.2) is 42.5 Å². The molecule has 2 aromatic heterocycles. The Bertz CT molecular complexity index is 1220. The van der Waals surface area contributed by atoms with E-state index in [1.165, 1.54) is 11.9 Å². The number of ether oxygens (including phenoxy) is 3. The molecule has 0 saturated carbocycles. The quantitative estimate of drug-likeness (QED) is 0.383. The van der Waals surface area contributed by atoms with Crippen LogP contribution in [0.4, 0.5) is 5.82 Å². The maximum atomic E-state index is 5.48. The molecule has 4 rings (SSSR count). The van der Waals surface area contributed by atoms with Crippen molar-refractivity contribution in [2.45, 2.75) is 6.92 Å². The minimum Gasteiger partial charge on any atom is -0.493 e. The van der Waals surface area contributed by atoms with Gasteiger partial charge in [-0.1, -0.05) is 12.1 Å². The lowest BCUT2D eigenvalue weighted by Gasteiger charge is -2.13. The molecule has 0 saturated heterocycles. The smallest absolute Gasteiger partial charge is 0.203 e. The van der Waals surface area contributed by atoms with E-state index in [1.54, 1.807) is 33.6 Å². The molecule has 0 spiro atoms. The van der Waals surface area contributed by atoms with Gasteiger partial charge in [0.05, 0.1) is 27.5 Å². The first-order chi connectivity index (χ1) is 14.2. The van der Waals surface area contributed by atoms with Crippen molar-refractivity contribution >= 4 is 34.0 Å². The second kappa shape index (κ2) is 7.67. The largest absolute Gasteiger partial charge is 0.493 e. The van der Waals surface area contributed by atoms with E-state index in [0.29, 0.717) is 23.1 Å². The fourth-order valence-electron chi connectivity index (χ4n) is 3.28.